The summed E-state index contributed by atoms with van der Waals surface area (Å²) in [5, 5.41) is 9.99. The SMILES string of the molecule is c1ccc(-n2c3ccccc3c3ccc(-c4cccc5c4c4ccccc4n5-c4ccc(-n5c6ccccc6c6c(-c7ccc8c9ccccc9n(-c9ccccc9)c8c7)cccc65)cc4)cc32)cc1. The summed E-state index contributed by atoms with van der Waals surface area (Å²) in [4.78, 5) is 0. The monoisotopic (exact) mass is 890 g/mol. The summed E-state index contributed by atoms with van der Waals surface area (Å²) in [5.41, 5.74) is 18.9. The number of rotatable bonds is 6. The van der Waals surface area contributed by atoms with Gasteiger partial charge < -0.3 is 18.3 Å². The van der Waals surface area contributed by atoms with Gasteiger partial charge >= 0.3 is 0 Å². The Hall–Kier alpha value is -9.38. The van der Waals surface area contributed by atoms with Crippen LogP contribution in [0.5, 0.6) is 0 Å². The average Bonchev–Trinajstić information content (AvgIpc) is 4.16. The fourth-order valence-corrected chi connectivity index (χ4v) is 11.8. The molecule has 0 atom stereocenters. The molecule has 0 saturated carbocycles. The molecule has 0 spiro atoms. The van der Waals surface area contributed by atoms with Gasteiger partial charge in [0.25, 0.3) is 0 Å². The number of aromatic nitrogens is 4. The molecule has 4 heteroatoms. The molecule has 4 heterocycles. The van der Waals surface area contributed by atoms with Gasteiger partial charge in [-0.3, -0.25) is 0 Å². The molecule has 0 N–H and O–H groups in total. The molecule has 0 fully saturated rings. The molecule has 0 amide bonds. The first-order valence-corrected chi connectivity index (χ1v) is 24.1. The highest BCUT2D eigenvalue weighted by Gasteiger charge is 2.21. The summed E-state index contributed by atoms with van der Waals surface area (Å²) in [6, 6.07) is 93.4. The summed E-state index contributed by atoms with van der Waals surface area (Å²) >= 11 is 0. The van der Waals surface area contributed by atoms with Crippen LogP contribution in [0, 0.1) is 0 Å². The molecule has 11 aromatic carbocycles. The Labute approximate surface area is 403 Å². The molecule has 4 aromatic heterocycles. The van der Waals surface area contributed by atoms with Crippen LogP contribution in [0.2, 0.25) is 0 Å². The van der Waals surface area contributed by atoms with Crippen LogP contribution in [0.25, 0.3) is 132 Å². The van der Waals surface area contributed by atoms with Gasteiger partial charge in [0.05, 0.1) is 44.1 Å². The van der Waals surface area contributed by atoms with Crippen LogP contribution < -0.4 is 0 Å². The topological polar surface area (TPSA) is 19.7 Å². The van der Waals surface area contributed by atoms with E-state index >= 15 is 0 Å². The van der Waals surface area contributed by atoms with Gasteiger partial charge in [0.2, 0.25) is 0 Å². The largest absolute Gasteiger partial charge is 0.309 e. The van der Waals surface area contributed by atoms with E-state index in [2.05, 4.69) is 273 Å². The minimum absolute atomic E-state index is 1.12. The van der Waals surface area contributed by atoms with Crippen molar-refractivity contribution in [1.82, 2.24) is 18.3 Å². The third-order valence-corrected chi connectivity index (χ3v) is 14.8. The fraction of sp³-hybridized carbons (Fsp3) is 0. The highest BCUT2D eigenvalue weighted by molar-refractivity contribution is 6.19. The summed E-state index contributed by atoms with van der Waals surface area (Å²) in [6.45, 7) is 0. The van der Waals surface area contributed by atoms with Crippen molar-refractivity contribution < 1.29 is 0 Å². The summed E-state index contributed by atoms with van der Waals surface area (Å²) in [5.74, 6) is 0. The van der Waals surface area contributed by atoms with Crippen LogP contribution in [0.1, 0.15) is 0 Å². The quantitative estimate of drug-likeness (QED) is 0.158. The van der Waals surface area contributed by atoms with Gasteiger partial charge in [-0.1, -0.05) is 158 Å². The Morgan fingerprint density at radius 1 is 0.186 bits per heavy atom. The van der Waals surface area contributed by atoms with E-state index in [1.807, 2.05) is 0 Å². The second-order valence-corrected chi connectivity index (χ2v) is 18.5. The number of hydrogen-bond acceptors (Lipinski definition) is 0. The number of benzene rings is 11. The molecule has 0 aliphatic carbocycles. The second kappa shape index (κ2) is 15.1. The van der Waals surface area contributed by atoms with Crippen molar-refractivity contribution in [2.75, 3.05) is 0 Å². The van der Waals surface area contributed by atoms with E-state index in [0.29, 0.717) is 0 Å². The zero-order chi connectivity index (χ0) is 45.9. The number of para-hydroxylation sites is 6. The van der Waals surface area contributed by atoms with Crippen molar-refractivity contribution in [2.24, 2.45) is 0 Å². The maximum absolute atomic E-state index is 2.44. The van der Waals surface area contributed by atoms with Gasteiger partial charge in [0, 0.05) is 65.8 Å². The number of fused-ring (bicyclic) bond motifs is 12. The first kappa shape index (κ1) is 38.7. The summed E-state index contributed by atoms with van der Waals surface area (Å²) in [6.07, 6.45) is 0. The normalized spacial score (nSPS) is 12.0. The van der Waals surface area contributed by atoms with Crippen LogP contribution in [-0.4, -0.2) is 18.3 Å². The highest BCUT2D eigenvalue weighted by atomic mass is 15.0. The Kier molecular flexibility index (Phi) is 8.33. The molecule has 0 unspecified atom stereocenters. The molecule has 0 aliphatic heterocycles. The Morgan fingerprint density at radius 2 is 0.486 bits per heavy atom. The van der Waals surface area contributed by atoms with Crippen molar-refractivity contribution >= 4 is 87.2 Å². The zero-order valence-corrected chi connectivity index (χ0v) is 38.0. The Bertz CT molecular complexity index is 4270. The van der Waals surface area contributed by atoms with Gasteiger partial charge in [0.1, 0.15) is 0 Å². The minimum atomic E-state index is 1.12. The molecular weight excluding hydrogens is 849 g/mol. The molecule has 0 bridgehead atoms. The number of nitrogens with zero attached hydrogens (tertiary/aromatic N) is 4. The Morgan fingerprint density at radius 3 is 0.900 bits per heavy atom. The third-order valence-electron chi connectivity index (χ3n) is 14.8. The van der Waals surface area contributed by atoms with E-state index in [1.54, 1.807) is 0 Å². The molecule has 15 aromatic rings. The summed E-state index contributed by atoms with van der Waals surface area (Å²) < 4.78 is 9.68. The van der Waals surface area contributed by atoms with E-state index in [9.17, 15) is 0 Å². The molecule has 70 heavy (non-hydrogen) atoms. The van der Waals surface area contributed by atoms with Crippen molar-refractivity contribution in [3.05, 3.63) is 255 Å². The zero-order valence-electron chi connectivity index (χ0n) is 38.0. The summed E-state index contributed by atoms with van der Waals surface area (Å²) in [7, 11) is 0. The van der Waals surface area contributed by atoms with E-state index in [1.165, 1.54) is 109 Å². The third kappa shape index (κ3) is 5.59. The van der Waals surface area contributed by atoms with Gasteiger partial charge in [-0.25, -0.2) is 0 Å². The van der Waals surface area contributed by atoms with E-state index < -0.39 is 0 Å². The van der Waals surface area contributed by atoms with E-state index in [0.717, 1.165) is 22.7 Å². The number of hydrogen-bond donors (Lipinski definition) is 0. The molecule has 326 valence electrons. The molecule has 0 radical (unpaired) electrons. The van der Waals surface area contributed by atoms with Crippen molar-refractivity contribution in [3.63, 3.8) is 0 Å². The molecule has 0 saturated heterocycles. The van der Waals surface area contributed by atoms with Crippen LogP contribution in [-0.2, 0) is 0 Å². The lowest BCUT2D eigenvalue weighted by atomic mass is 9.98. The van der Waals surface area contributed by atoms with Crippen molar-refractivity contribution in [1.29, 1.82) is 0 Å². The van der Waals surface area contributed by atoms with Crippen molar-refractivity contribution in [2.45, 2.75) is 0 Å². The van der Waals surface area contributed by atoms with Crippen LogP contribution in [0.15, 0.2) is 255 Å². The molecular formula is C66H42N4. The maximum atomic E-state index is 2.44. The first-order chi connectivity index (χ1) is 34.8. The van der Waals surface area contributed by atoms with Crippen molar-refractivity contribution in [3.8, 4) is 45.0 Å². The average molecular weight is 891 g/mol. The van der Waals surface area contributed by atoms with Crippen LogP contribution in [0.3, 0.4) is 0 Å². The fourth-order valence-electron chi connectivity index (χ4n) is 11.8. The molecule has 4 nitrogen and oxygen atoms in total. The minimum Gasteiger partial charge on any atom is -0.309 e. The van der Waals surface area contributed by atoms with Gasteiger partial charge in [-0.2, -0.15) is 0 Å². The molecule has 15 rings (SSSR count). The lowest BCUT2D eigenvalue weighted by Crippen LogP contribution is -1.97. The molecule has 0 aliphatic rings. The smallest absolute Gasteiger partial charge is 0.0547 e. The van der Waals surface area contributed by atoms with Gasteiger partial charge in [-0.15, -0.1) is 0 Å². The first-order valence-electron chi connectivity index (χ1n) is 24.1. The van der Waals surface area contributed by atoms with Crippen LogP contribution >= 0.6 is 0 Å². The Balaban J connectivity index is 0.874. The van der Waals surface area contributed by atoms with Crippen LogP contribution in [0.4, 0.5) is 0 Å². The van der Waals surface area contributed by atoms with Gasteiger partial charge in [0.15, 0.2) is 0 Å². The predicted molar refractivity (Wildman–Crippen MR) is 295 cm³/mol. The lowest BCUT2D eigenvalue weighted by molar-refractivity contribution is 1.14. The lowest BCUT2D eigenvalue weighted by Gasteiger charge is -2.13. The van der Waals surface area contributed by atoms with Gasteiger partial charge in [-0.05, 0) is 119 Å². The standard InChI is InChI=1S/C66H42N4/c1-3-17-45(18-4-1)69-57-27-11-7-21-51(57)53-39-33-43(41-63(53)69)49-25-15-31-61-65(49)55-23-9-13-29-59(55)67(61)47-35-37-48(38-36-47)68-60-30-14-10-24-56(60)66-50(26-16-32-62(66)68)44-34-40-54-52-22-8-12-28-58(52)70(64(54)42-44)46-19-5-2-6-20-46/h1-42H. The highest BCUT2D eigenvalue weighted by Crippen LogP contribution is 2.44. The predicted octanol–water partition coefficient (Wildman–Crippen LogP) is 17.4. The van der Waals surface area contributed by atoms with E-state index in [4.69, 9.17) is 0 Å². The van der Waals surface area contributed by atoms with E-state index in [-0.39, 0.29) is 0 Å². The second-order valence-electron chi connectivity index (χ2n) is 18.5. The maximum Gasteiger partial charge on any atom is 0.0547 e.